The summed E-state index contributed by atoms with van der Waals surface area (Å²) in [5.74, 6) is 1.03. The molecule has 1 atom stereocenters. The number of guanidine groups is 1. The predicted molar refractivity (Wildman–Crippen MR) is 83.7 cm³/mol. The molecule has 0 aliphatic carbocycles. The highest BCUT2D eigenvalue weighted by Gasteiger charge is 2.20. The Hall–Kier alpha value is -1.03. The number of allylic oxidation sites excluding steroid dienone is 1. The lowest BCUT2D eigenvalue weighted by molar-refractivity contribution is 0.316. The summed E-state index contributed by atoms with van der Waals surface area (Å²) in [6.45, 7) is 9.96. The second-order valence-electron chi connectivity index (χ2n) is 5.32. The van der Waals surface area contributed by atoms with E-state index < -0.39 is 0 Å². The third kappa shape index (κ3) is 5.64. The maximum absolute atomic E-state index is 4.79. The van der Waals surface area contributed by atoms with Crippen molar-refractivity contribution in [2.45, 2.75) is 38.6 Å². The molecule has 0 spiro atoms. The van der Waals surface area contributed by atoms with Crippen LogP contribution >= 0.6 is 0 Å². The van der Waals surface area contributed by atoms with Crippen LogP contribution in [0.1, 0.15) is 32.6 Å². The van der Waals surface area contributed by atoms with Gasteiger partial charge in [-0.1, -0.05) is 6.08 Å². The lowest BCUT2D eigenvalue weighted by atomic mass is 10.2. The van der Waals surface area contributed by atoms with Crippen LogP contribution in [-0.2, 0) is 0 Å². The van der Waals surface area contributed by atoms with Crippen LogP contribution in [0.2, 0.25) is 0 Å². The first kappa shape index (κ1) is 16.0. The number of hydrogen-bond donors (Lipinski definition) is 1. The third-order valence-corrected chi connectivity index (χ3v) is 3.72. The lowest BCUT2D eigenvalue weighted by Gasteiger charge is -2.23. The molecule has 110 valence electrons. The van der Waals surface area contributed by atoms with Crippen LogP contribution in [0.5, 0.6) is 0 Å². The fourth-order valence-electron chi connectivity index (χ4n) is 2.45. The van der Waals surface area contributed by atoms with Crippen molar-refractivity contribution in [3.05, 3.63) is 12.7 Å². The van der Waals surface area contributed by atoms with Crippen LogP contribution in [0.3, 0.4) is 0 Å². The monoisotopic (exact) mass is 266 g/mol. The van der Waals surface area contributed by atoms with Crippen molar-refractivity contribution in [1.82, 2.24) is 15.1 Å². The third-order valence-electron chi connectivity index (χ3n) is 3.72. The zero-order valence-corrected chi connectivity index (χ0v) is 12.9. The molecule has 0 bridgehead atoms. The lowest BCUT2D eigenvalue weighted by Crippen LogP contribution is -2.40. The number of hydrogen-bond acceptors (Lipinski definition) is 2. The van der Waals surface area contributed by atoms with Crippen LogP contribution in [0, 0.1) is 0 Å². The highest BCUT2D eigenvalue weighted by atomic mass is 15.3. The summed E-state index contributed by atoms with van der Waals surface area (Å²) in [6.07, 6.45) is 6.76. The summed E-state index contributed by atoms with van der Waals surface area (Å²) in [6, 6.07) is 0.621. The second kappa shape index (κ2) is 8.97. The standard InChI is InChI=1S/C15H30N4/c1-5-7-8-11-19(4)15(16-6-2)17-13-14-10-9-12-18(14)3/h5,14H,1,6-13H2,2-4H3,(H,16,17). The van der Waals surface area contributed by atoms with E-state index in [1.807, 2.05) is 6.08 Å². The maximum Gasteiger partial charge on any atom is 0.193 e. The average Bonchev–Trinajstić information content (AvgIpc) is 2.80. The topological polar surface area (TPSA) is 30.9 Å². The van der Waals surface area contributed by atoms with E-state index in [9.17, 15) is 0 Å². The first-order valence-corrected chi connectivity index (χ1v) is 7.49. The van der Waals surface area contributed by atoms with Crippen molar-refractivity contribution >= 4 is 5.96 Å². The van der Waals surface area contributed by atoms with Gasteiger partial charge in [0.05, 0.1) is 6.54 Å². The van der Waals surface area contributed by atoms with Gasteiger partial charge < -0.3 is 15.1 Å². The molecule has 1 saturated heterocycles. The molecule has 4 heteroatoms. The van der Waals surface area contributed by atoms with Gasteiger partial charge in [0, 0.05) is 26.2 Å². The largest absolute Gasteiger partial charge is 0.357 e. The fraction of sp³-hybridized carbons (Fsp3) is 0.800. The number of aliphatic imine (C=N–C) groups is 1. The van der Waals surface area contributed by atoms with Crippen molar-refractivity contribution in [3.63, 3.8) is 0 Å². The molecular formula is C15H30N4. The van der Waals surface area contributed by atoms with Gasteiger partial charge in [-0.2, -0.15) is 0 Å². The van der Waals surface area contributed by atoms with E-state index in [1.54, 1.807) is 0 Å². The van der Waals surface area contributed by atoms with Crippen molar-refractivity contribution in [3.8, 4) is 0 Å². The molecule has 0 amide bonds. The first-order chi connectivity index (χ1) is 9.19. The number of rotatable bonds is 7. The minimum Gasteiger partial charge on any atom is -0.357 e. The van der Waals surface area contributed by atoms with Crippen molar-refractivity contribution in [2.75, 3.05) is 40.3 Å². The van der Waals surface area contributed by atoms with E-state index in [0.717, 1.165) is 38.4 Å². The Morgan fingerprint density at radius 1 is 1.58 bits per heavy atom. The van der Waals surface area contributed by atoms with Gasteiger partial charge in [0.15, 0.2) is 5.96 Å². The van der Waals surface area contributed by atoms with Gasteiger partial charge in [0.2, 0.25) is 0 Å². The number of unbranched alkanes of at least 4 members (excludes halogenated alkanes) is 1. The van der Waals surface area contributed by atoms with E-state index in [-0.39, 0.29) is 0 Å². The molecule has 0 aromatic carbocycles. The van der Waals surface area contributed by atoms with Gasteiger partial charge >= 0.3 is 0 Å². The van der Waals surface area contributed by atoms with Gasteiger partial charge in [0.25, 0.3) is 0 Å². The molecule has 1 heterocycles. The summed E-state index contributed by atoms with van der Waals surface area (Å²) in [7, 11) is 4.32. The van der Waals surface area contributed by atoms with Crippen LogP contribution in [0.15, 0.2) is 17.6 Å². The average molecular weight is 266 g/mol. The van der Waals surface area contributed by atoms with Crippen molar-refractivity contribution < 1.29 is 0 Å². The normalized spacial score (nSPS) is 20.6. The number of nitrogens with zero attached hydrogens (tertiary/aromatic N) is 3. The summed E-state index contributed by atoms with van der Waals surface area (Å²) in [5.41, 5.74) is 0. The van der Waals surface area contributed by atoms with Gasteiger partial charge in [0.1, 0.15) is 0 Å². The Balaban J connectivity index is 2.46. The highest BCUT2D eigenvalue weighted by molar-refractivity contribution is 5.79. The van der Waals surface area contributed by atoms with Gasteiger partial charge in [-0.3, -0.25) is 4.99 Å². The minimum atomic E-state index is 0.621. The van der Waals surface area contributed by atoms with E-state index in [1.165, 1.54) is 19.4 Å². The summed E-state index contributed by atoms with van der Waals surface area (Å²) in [4.78, 5) is 9.43. The SMILES string of the molecule is C=CCCCN(C)C(=NCC1CCCN1C)NCC. The van der Waals surface area contributed by atoms with Gasteiger partial charge in [-0.05, 0) is 46.2 Å². The minimum absolute atomic E-state index is 0.621. The summed E-state index contributed by atoms with van der Waals surface area (Å²) >= 11 is 0. The first-order valence-electron chi connectivity index (χ1n) is 7.49. The van der Waals surface area contributed by atoms with E-state index in [4.69, 9.17) is 4.99 Å². The molecule has 1 aliphatic rings. The molecule has 0 aromatic rings. The van der Waals surface area contributed by atoms with Crippen LogP contribution in [-0.4, -0.2) is 62.1 Å². The molecular weight excluding hydrogens is 236 g/mol. The molecule has 1 unspecified atom stereocenters. The molecule has 0 saturated carbocycles. The Labute approximate surface area is 118 Å². The molecule has 4 nitrogen and oxygen atoms in total. The van der Waals surface area contributed by atoms with E-state index >= 15 is 0 Å². The van der Waals surface area contributed by atoms with Gasteiger partial charge in [-0.25, -0.2) is 0 Å². The molecule has 1 rings (SSSR count). The Morgan fingerprint density at radius 2 is 2.37 bits per heavy atom. The van der Waals surface area contributed by atoms with Crippen molar-refractivity contribution in [2.24, 2.45) is 4.99 Å². The number of nitrogens with one attached hydrogen (secondary N) is 1. The second-order valence-corrected chi connectivity index (χ2v) is 5.32. The van der Waals surface area contributed by atoms with Crippen LogP contribution in [0.25, 0.3) is 0 Å². The smallest absolute Gasteiger partial charge is 0.193 e. The Morgan fingerprint density at radius 3 is 2.95 bits per heavy atom. The molecule has 19 heavy (non-hydrogen) atoms. The zero-order chi connectivity index (χ0) is 14.1. The van der Waals surface area contributed by atoms with Crippen molar-refractivity contribution in [1.29, 1.82) is 0 Å². The van der Waals surface area contributed by atoms with Crippen LogP contribution in [0.4, 0.5) is 0 Å². The Bertz CT molecular complexity index is 288. The van der Waals surface area contributed by atoms with Gasteiger partial charge in [-0.15, -0.1) is 6.58 Å². The predicted octanol–water partition coefficient (Wildman–Crippen LogP) is 1.94. The molecule has 1 aliphatic heterocycles. The zero-order valence-electron chi connectivity index (χ0n) is 12.9. The molecule has 0 radical (unpaired) electrons. The number of likely N-dealkylation sites (tertiary alicyclic amines) is 1. The van der Waals surface area contributed by atoms with Crippen LogP contribution < -0.4 is 5.32 Å². The number of likely N-dealkylation sites (N-methyl/N-ethyl adjacent to an activating group) is 1. The molecule has 1 fully saturated rings. The quantitative estimate of drug-likeness (QED) is 0.331. The van der Waals surface area contributed by atoms with E-state index in [0.29, 0.717) is 6.04 Å². The van der Waals surface area contributed by atoms with E-state index in [2.05, 4.69) is 42.7 Å². The summed E-state index contributed by atoms with van der Waals surface area (Å²) in [5, 5.41) is 3.38. The summed E-state index contributed by atoms with van der Waals surface area (Å²) < 4.78 is 0. The fourth-order valence-corrected chi connectivity index (χ4v) is 2.45. The highest BCUT2D eigenvalue weighted by Crippen LogP contribution is 2.14. The maximum atomic E-state index is 4.79. The molecule has 0 aromatic heterocycles. The molecule has 1 N–H and O–H groups in total. The Kier molecular flexibility index (Phi) is 7.56.